The lowest BCUT2D eigenvalue weighted by atomic mass is 10.1. The monoisotopic (exact) mass is 300 g/mol. The van der Waals surface area contributed by atoms with E-state index in [2.05, 4.69) is 10.6 Å². The number of ether oxygens (including phenoxy) is 1. The molecule has 22 heavy (non-hydrogen) atoms. The average Bonchev–Trinajstić information content (AvgIpc) is 2.50. The molecule has 1 aliphatic heterocycles. The standard InChI is InChI=1S/C16H13FN2O3/c17-10-5-7-11(8-6-10)18-15(20)9-14-16(21)19-12-3-1-2-4-13(12)22-14/h1-8,14H,9H2,(H,18,20)(H,19,21). The van der Waals surface area contributed by atoms with Gasteiger partial charge in [-0.3, -0.25) is 9.59 Å². The fourth-order valence-electron chi connectivity index (χ4n) is 2.14. The van der Waals surface area contributed by atoms with Crippen molar-refractivity contribution in [1.29, 1.82) is 0 Å². The zero-order valence-corrected chi connectivity index (χ0v) is 11.5. The van der Waals surface area contributed by atoms with Gasteiger partial charge in [0.05, 0.1) is 12.1 Å². The van der Waals surface area contributed by atoms with Crippen LogP contribution in [0.25, 0.3) is 0 Å². The highest BCUT2D eigenvalue weighted by Crippen LogP contribution is 2.29. The first-order valence-corrected chi connectivity index (χ1v) is 6.74. The van der Waals surface area contributed by atoms with Crippen molar-refractivity contribution in [2.45, 2.75) is 12.5 Å². The Morgan fingerprint density at radius 2 is 1.91 bits per heavy atom. The molecule has 0 saturated heterocycles. The van der Waals surface area contributed by atoms with Crippen LogP contribution in [0.1, 0.15) is 6.42 Å². The molecule has 112 valence electrons. The number of benzene rings is 2. The summed E-state index contributed by atoms with van der Waals surface area (Å²) >= 11 is 0. The molecule has 0 radical (unpaired) electrons. The number of fused-ring (bicyclic) bond motifs is 1. The molecule has 0 fully saturated rings. The molecule has 2 amide bonds. The quantitative estimate of drug-likeness (QED) is 0.915. The van der Waals surface area contributed by atoms with Crippen molar-refractivity contribution in [3.05, 3.63) is 54.3 Å². The summed E-state index contributed by atoms with van der Waals surface area (Å²) in [6.07, 6.45) is -1.02. The zero-order chi connectivity index (χ0) is 15.5. The second-order valence-corrected chi connectivity index (χ2v) is 4.85. The van der Waals surface area contributed by atoms with E-state index >= 15 is 0 Å². The first-order chi connectivity index (χ1) is 10.6. The van der Waals surface area contributed by atoms with Crippen molar-refractivity contribution >= 4 is 23.2 Å². The number of para-hydroxylation sites is 2. The maximum atomic E-state index is 12.8. The Morgan fingerprint density at radius 3 is 2.68 bits per heavy atom. The summed E-state index contributed by atoms with van der Waals surface area (Å²) in [5.74, 6) is -0.606. The van der Waals surface area contributed by atoms with Gasteiger partial charge in [-0.05, 0) is 36.4 Å². The highest BCUT2D eigenvalue weighted by Gasteiger charge is 2.29. The Balaban J connectivity index is 1.64. The van der Waals surface area contributed by atoms with Crippen LogP contribution in [0.3, 0.4) is 0 Å². The Hall–Kier alpha value is -2.89. The van der Waals surface area contributed by atoms with Crippen molar-refractivity contribution < 1.29 is 18.7 Å². The molecular formula is C16H13FN2O3. The number of hydrogen-bond donors (Lipinski definition) is 2. The third-order valence-electron chi connectivity index (χ3n) is 3.21. The van der Waals surface area contributed by atoms with Crippen molar-refractivity contribution in [2.24, 2.45) is 0 Å². The number of anilines is 2. The third kappa shape index (κ3) is 3.06. The van der Waals surface area contributed by atoms with E-state index in [1.807, 2.05) is 0 Å². The van der Waals surface area contributed by atoms with Crippen molar-refractivity contribution in [2.75, 3.05) is 10.6 Å². The number of carbonyl (C=O) groups excluding carboxylic acids is 2. The second kappa shape index (κ2) is 5.85. The molecule has 6 heteroatoms. The number of halogens is 1. The minimum atomic E-state index is -0.893. The summed E-state index contributed by atoms with van der Waals surface area (Å²) in [4.78, 5) is 23.9. The van der Waals surface area contributed by atoms with Gasteiger partial charge in [-0.2, -0.15) is 0 Å². The molecule has 5 nitrogen and oxygen atoms in total. The SMILES string of the molecule is O=C(CC1Oc2ccccc2NC1=O)Nc1ccc(F)cc1. The Bertz CT molecular complexity index is 716. The summed E-state index contributed by atoms with van der Waals surface area (Å²) in [5.41, 5.74) is 1.05. The molecular weight excluding hydrogens is 287 g/mol. The summed E-state index contributed by atoms with van der Waals surface area (Å²) in [6.45, 7) is 0. The Morgan fingerprint density at radius 1 is 1.18 bits per heavy atom. The summed E-state index contributed by atoms with van der Waals surface area (Å²) in [6, 6.07) is 12.4. The molecule has 0 saturated carbocycles. The van der Waals surface area contributed by atoms with Gasteiger partial charge in [0, 0.05) is 5.69 Å². The molecule has 0 spiro atoms. The number of rotatable bonds is 3. The van der Waals surface area contributed by atoms with Gasteiger partial charge in [0.15, 0.2) is 6.10 Å². The smallest absolute Gasteiger partial charge is 0.266 e. The molecule has 1 unspecified atom stereocenters. The van der Waals surface area contributed by atoms with Crippen LogP contribution in [0, 0.1) is 5.82 Å². The van der Waals surface area contributed by atoms with E-state index in [0.29, 0.717) is 17.1 Å². The number of nitrogens with one attached hydrogen (secondary N) is 2. The van der Waals surface area contributed by atoms with E-state index < -0.39 is 6.10 Å². The lowest BCUT2D eigenvalue weighted by molar-refractivity contribution is -0.128. The zero-order valence-electron chi connectivity index (χ0n) is 11.5. The van der Waals surface area contributed by atoms with Crippen LogP contribution in [0.15, 0.2) is 48.5 Å². The topological polar surface area (TPSA) is 67.4 Å². The minimum Gasteiger partial charge on any atom is -0.478 e. The van der Waals surface area contributed by atoms with Crippen molar-refractivity contribution in [3.63, 3.8) is 0 Å². The van der Waals surface area contributed by atoms with Crippen molar-refractivity contribution in [3.8, 4) is 5.75 Å². The fourth-order valence-corrected chi connectivity index (χ4v) is 2.14. The number of amides is 2. The van der Waals surface area contributed by atoms with Crippen LogP contribution in [0.2, 0.25) is 0 Å². The molecule has 2 aromatic rings. The predicted octanol–water partition coefficient (Wildman–Crippen LogP) is 2.55. The van der Waals surface area contributed by atoms with E-state index in [1.54, 1.807) is 24.3 Å². The first kappa shape index (κ1) is 14.1. The summed E-state index contributed by atoms with van der Waals surface area (Å²) in [5, 5.41) is 5.29. The number of hydrogen-bond acceptors (Lipinski definition) is 3. The van der Waals surface area contributed by atoms with Gasteiger partial charge in [0.2, 0.25) is 5.91 Å². The van der Waals surface area contributed by atoms with E-state index in [9.17, 15) is 14.0 Å². The first-order valence-electron chi connectivity index (χ1n) is 6.74. The van der Waals surface area contributed by atoms with E-state index in [4.69, 9.17) is 4.74 Å². The minimum absolute atomic E-state index is 0.127. The lowest BCUT2D eigenvalue weighted by Gasteiger charge is -2.25. The van der Waals surface area contributed by atoms with Gasteiger partial charge in [-0.15, -0.1) is 0 Å². The van der Waals surface area contributed by atoms with Gasteiger partial charge >= 0.3 is 0 Å². The molecule has 0 aromatic heterocycles. The maximum absolute atomic E-state index is 12.8. The molecule has 0 aliphatic carbocycles. The second-order valence-electron chi connectivity index (χ2n) is 4.85. The predicted molar refractivity (Wildman–Crippen MR) is 79.1 cm³/mol. The molecule has 2 N–H and O–H groups in total. The van der Waals surface area contributed by atoms with Crippen LogP contribution in [0.4, 0.5) is 15.8 Å². The molecule has 1 atom stereocenters. The molecule has 2 aromatic carbocycles. The lowest BCUT2D eigenvalue weighted by Crippen LogP contribution is -2.39. The van der Waals surface area contributed by atoms with Gasteiger partial charge in [0.25, 0.3) is 5.91 Å². The van der Waals surface area contributed by atoms with Crippen LogP contribution >= 0.6 is 0 Å². The highest BCUT2D eigenvalue weighted by molar-refractivity contribution is 6.01. The average molecular weight is 300 g/mol. The highest BCUT2D eigenvalue weighted by atomic mass is 19.1. The molecule has 1 heterocycles. The van der Waals surface area contributed by atoms with Gasteiger partial charge < -0.3 is 15.4 Å². The molecule has 1 aliphatic rings. The van der Waals surface area contributed by atoms with E-state index in [1.165, 1.54) is 24.3 Å². The van der Waals surface area contributed by atoms with Gasteiger partial charge in [0.1, 0.15) is 11.6 Å². The number of carbonyl (C=O) groups is 2. The summed E-state index contributed by atoms with van der Waals surface area (Å²) in [7, 11) is 0. The van der Waals surface area contributed by atoms with Crippen LogP contribution in [-0.2, 0) is 9.59 Å². The maximum Gasteiger partial charge on any atom is 0.266 e. The molecule has 3 rings (SSSR count). The van der Waals surface area contributed by atoms with E-state index in [-0.39, 0.29) is 24.1 Å². The molecule has 0 bridgehead atoms. The third-order valence-corrected chi connectivity index (χ3v) is 3.21. The largest absolute Gasteiger partial charge is 0.478 e. The van der Waals surface area contributed by atoms with Gasteiger partial charge in [-0.1, -0.05) is 12.1 Å². The Labute approximate surface area is 126 Å². The Kier molecular flexibility index (Phi) is 3.74. The van der Waals surface area contributed by atoms with Crippen LogP contribution < -0.4 is 15.4 Å². The van der Waals surface area contributed by atoms with Crippen molar-refractivity contribution in [1.82, 2.24) is 0 Å². The normalized spacial score (nSPS) is 16.2. The van der Waals surface area contributed by atoms with Gasteiger partial charge in [-0.25, -0.2) is 4.39 Å². The van der Waals surface area contributed by atoms with E-state index in [0.717, 1.165) is 0 Å². The van der Waals surface area contributed by atoms with Crippen LogP contribution in [0.5, 0.6) is 5.75 Å². The fraction of sp³-hybridized carbons (Fsp3) is 0.125. The summed E-state index contributed by atoms with van der Waals surface area (Å²) < 4.78 is 18.3. The van der Waals surface area contributed by atoms with Crippen LogP contribution in [-0.4, -0.2) is 17.9 Å².